The van der Waals surface area contributed by atoms with Crippen LogP contribution in [0.3, 0.4) is 0 Å². The zero-order valence-corrected chi connectivity index (χ0v) is 16.1. The predicted molar refractivity (Wildman–Crippen MR) is 98.0 cm³/mol. The Balaban J connectivity index is 2.68. The molecule has 0 aliphatic heterocycles. The van der Waals surface area contributed by atoms with Crippen LogP contribution in [0.15, 0.2) is 24.3 Å². The molecule has 0 aliphatic rings. The van der Waals surface area contributed by atoms with Gasteiger partial charge in [-0.25, -0.2) is 0 Å². The average molecular weight is 337 g/mol. The molecule has 0 fully saturated rings. The van der Waals surface area contributed by atoms with Gasteiger partial charge in [0, 0.05) is 0 Å². The minimum Gasteiger partial charge on any atom is -0.134 e. The topological polar surface area (TPSA) is 0 Å². The summed E-state index contributed by atoms with van der Waals surface area (Å²) in [6, 6.07) is 8.47. The van der Waals surface area contributed by atoms with Gasteiger partial charge in [0.2, 0.25) is 0 Å². The number of hydrogen-bond acceptors (Lipinski definition) is 0. The third-order valence-electron chi connectivity index (χ3n) is 4.79. The van der Waals surface area contributed by atoms with Gasteiger partial charge in [0.25, 0.3) is 0 Å². The van der Waals surface area contributed by atoms with Crippen molar-refractivity contribution in [3.05, 3.63) is 57.6 Å². The number of rotatable bonds is 2. The van der Waals surface area contributed by atoms with E-state index < -0.39 is 6.69 Å². The van der Waals surface area contributed by atoms with Crippen molar-refractivity contribution in [3.8, 4) is 0 Å². The minimum absolute atomic E-state index is 1.11. The molecule has 0 spiro atoms. The second-order valence-corrected chi connectivity index (χ2v) is 12.1. The fourth-order valence-corrected chi connectivity index (χ4v) is 7.39. The molecule has 0 saturated heterocycles. The molecular formula is C18H22Cl2Si. The van der Waals surface area contributed by atoms with Crippen LogP contribution in [0.1, 0.15) is 33.4 Å². The van der Waals surface area contributed by atoms with Crippen LogP contribution < -0.4 is 10.4 Å². The zero-order chi connectivity index (χ0) is 15.9. The Morgan fingerprint density at radius 1 is 0.571 bits per heavy atom. The molecule has 2 rings (SSSR count). The van der Waals surface area contributed by atoms with Crippen LogP contribution in [-0.4, -0.2) is 6.69 Å². The molecule has 2 aromatic carbocycles. The van der Waals surface area contributed by atoms with Crippen molar-refractivity contribution < 1.29 is 0 Å². The molecule has 0 amide bonds. The van der Waals surface area contributed by atoms with Gasteiger partial charge in [-0.3, -0.25) is 0 Å². The van der Waals surface area contributed by atoms with E-state index in [0.717, 1.165) is 10.4 Å². The minimum atomic E-state index is -2.71. The van der Waals surface area contributed by atoms with Crippen molar-refractivity contribution in [2.45, 2.75) is 41.5 Å². The second kappa shape index (κ2) is 5.79. The van der Waals surface area contributed by atoms with Crippen LogP contribution >= 0.6 is 22.2 Å². The second-order valence-electron chi connectivity index (χ2n) is 5.93. The number of benzene rings is 2. The summed E-state index contributed by atoms with van der Waals surface area (Å²) in [6.07, 6.45) is 0. The van der Waals surface area contributed by atoms with Crippen molar-refractivity contribution in [2.24, 2.45) is 0 Å². The number of hydrogen-bond donors (Lipinski definition) is 0. The summed E-state index contributed by atoms with van der Waals surface area (Å²) < 4.78 is 0. The smallest absolute Gasteiger partial charge is 0.134 e. The maximum atomic E-state index is 6.95. The van der Waals surface area contributed by atoms with Crippen LogP contribution in [0, 0.1) is 41.5 Å². The van der Waals surface area contributed by atoms with Gasteiger partial charge in [-0.2, -0.15) is 0 Å². The number of halogens is 2. The van der Waals surface area contributed by atoms with E-state index in [2.05, 4.69) is 65.8 Å². The largest absolute Gasteiger partial charge is 0.311 e. The maximum Gasteiger partial charge on any atom is 0.311 e. The van der Waals surface area contributed by atoms with Crippen LogP contribution in [0.2, 0.25) is 0 Å². The quantitative estimate of drug-likeness (QED) is 0.556. The number of aryl methyl sites for hydroxylation is 2. The highest BCUT2D eigenvalue weighted by atomic mass is 35.7. The molecule has 0 heterocycles. The Labute approximate surface area is 138 Å². The summed E-state index contributed by atoms with van der Waals surface area (Å²) in [5, 5.41) is 2.22. The van der Waals surface area contributed by atoms with E-state index in [4.69, 9.17) is 22.2 Å². The molecule has 0 bridgehead atoms. The summed E-state index contributed by atoms with van der Waals surface area (Å²) in [5.41, 5.74) is 7.59. The van der Waals surface area contributed by atoms with Gasteiger partial charge in [0.15, 0.2) is 0 Å². The summed E-state index contributed by atoms with van der Waals surface area (Å²) in [7, 11) is 0. The van der Waals surface area contributed by atoms with Gasteiger partial charge in [0.1, 0.15) is 0 Å². The Kier molecular flexibility index (Phi) is 4.58. The molecule has 0 unspecified atom stereocenters. The molecule has 0 saturated carbocycles. The monoisotopic (exact) mass is 336 g/mol. The highest BCUT2D eigenvalue weighted by Crippen LogP contribution is 2.23. The van der Waals surface area contributed by atoms with Gasteiger partial charge in [0.05, 0.1) is 0 Å². The first-order valence-corrected chi connectivity index (χ1v) is 11.2. The normalized spacial score (nSPS) is 11.8. The van der Waals surface area contributed by atoms with Crippen molar-refractivity contribution in [2.75, 3.05) is 0 Å². The molecule has 0 aliphatic carbocycles. The first kappa shape index (κ1) is 16.6. The van der Waals surface area contributed by atoms with E-state index in [1.165, 1.54) is 33.4 Å². The van der Waals surface area contributed by atoms with E-state index in [1.807, 2.05) is 0 Å². The standard InChI is InChI=1S/C18H22Cl2Si/c1-11-7-9-17(15(5)13(11)3)21(19,20)18-10-8-12(2)14(4)16(18)6/h7-10H,1-6H3. The lowest BCUT2D eigenvalue weighted by molar-refractivity contribution is 1.28. The summed E-state index contributed by atoms with van der Waals surface area (Å²) >= 11 is 13.9. The van der Waals surface area contributed by atoms with Gasteiger partial charge < -0.3 is 0 Å². The first-order chi connectivity index (χ1) is 9.67. The molecule has 0 N–H and O–H groups in total. The molecule has 2 aromatic rings. The van der Waals surface area contributed by atoms with Gasteiger partial charge in [-0.05, 0) is 85.3 Å². The first-order valence-electron chi connectivity index (χ1n) is 7.20. The highest BCUT2D eigenvalue weighted by Gasteiger charge is 2.37. The van der Waals surface area contributed by atoms with Crippen molar-refractivity contribution in [1.82, 2.24) is 0 Å². The predicted octanol–water partition coefficient (Wildman–Crippen LogP) is 4.57. The van der Waals surface area contributed by atoms with Crippen molar-refractivity contribution in [1.29, 1.82) is 0 Å². The molecule has 3 heteroatoms. The Morgan fingerprint density at radius 2 is 0.905 bits per heavy atom. The zero-order valence-electron chi connectivity index (χ0n) is 13.6. The van der Waals surface area contributed by atoms with Crippen LogP contribution in [0.4, 0.5) is 0 Å². The molecule has 0 nitrogen and oxygen atoms in total. The van der Waals surface area contributed by atoms with Crippen LogP contribution in [-0.2, 0) is 0 Å². The summed E-state index contributed by atoms with van der Waals surface area (Å²) in [5.74, 6) is 0. The third kappa shape index (κ3) is 2.79. The lowest BCUT2D eigenvalue weighted by atomic mass is 10.0. The molecule has 0 radical (unpaired) electrons. The summed E-state index contributed by atoms with van der Waals surface area (Å²) in [6.45, 7) is 10.1. The van der Waals surface area contributed by atoms with Gasteiger partial charge in [-0.15, -0.1) is 22.2 Å². The van der Waals surface area contributed by atoms with E-state index in [0.29, 0.717) is 0 Å². The van der Waals surface area contributed by atoms with E-state index in [9.17, 15) is 0 Å². The Morgan fingerprint density at radius 3 is 1.24 bits per heavy atom. The lowest BCUT2D eigenvalue weighted by Crippen LogP contribution is -2.51. The Bertz CT molecular complexity index is 643. The Hall–Kier alpha value is -0.763. The van der Waals surface area contributed by atoms with Crippen LogP contribution in [0.5, 0.6) is 0 Å². The third-order valence-corrected chi connectivity index (χ3v) is 9.67. The SMILES string of the molecule is Cc1ccc([Si](Cl)(Cl)c2ccc(C)c(C)c2C)c(C)c1C. The van der Waals surface area contributed by atoms with Gasteiger partial charge >= 0.3 is 6.69 Å². The van der Waals surface area contributed by atoms with Gasteiger partial charge in [-0.1, -0.05) is 24.3 Å². The fraction of sp³-hybridized carbons (Fsp3) is 0.333. The van der Waals surface area contributed by atoms with E-state index in [1.54, 1.807) is 0 Å². The van der Waals surface area contributed by atoms with Crippen LogP contribution in [0.25, 0.3) is 0 Å². The van der Waals surface area contributed by atoms with Crippen molar-refractivity contribution >= 4 is 39.2 Å². The summed E-state index contributed by atoms with van der Waals surface area (Å²) in [4.78, 5) is 0. The molecule has 21 heavy (non-hydrogen) atoms. The molecule has 112 valence electrons. The molecule has 0 atom stereocenters. The fourth-order valence-electron chi connectivity index (χ4n) is 2.74. The highest BCUT2D eigenvalue weighted by molar-refractivity contribution is 7.56. The maximum absolute atomic E-state index is 6.95. The van der Waals surface area contributed by atoms with E-state index in [-0.39, 0.29) is 0 Å². The molecule has 0 aromatic heterocycles. The lowest BCUT2D eigenvalue weighted by Gasteiger charge is -2.25. The molecular weight excluding hydrogens is 315 g/mol. The van der Waals surface area contributed by atoms with E-state index >= 15 is 0 Å². The average Bonchev–Trinajstić information content (AvgIpc) is 2.41. The van der Waals surface area contributed by atoms with Crippen molar-refractivity contribution in [3.63, 3.8) is 0 Å².